The Hall–Kier alpha value is -3.43. The number of fused-ring (bicyclic) bond motifs is 3. The number of amides is 1. The number of furan rings is 1. The lowest BCUT2D eigenvalue weighted by Crippen LogP contribution is -2.36. The van der Waals surface area contributed by atoms with Crippen LogP contribution >= 0.6 is 11.3 Å². The molecule has 0 saturated carbocycles. The summed E-state index contributed by atoms with van der Waals surface area (Å²) in [5.74, 6) is -0.237. The minimum Gasteiger partial charge on any atom is -0.459 e. The molecule has 0 aliphatic carbocycles. The molecule has 4 heterocycles. The molecule has 4 aromatic rings. The van der Waals surface area contributed by atoms with Gasteiger partial charge in [-0.05, 0) is 43.7 Å². The van der Waals surface area contributed by atoms with Crippen LogP contribution in [0, 0.1) is 0 Å². The number of thiophene rings is 1. The number of carbonyl (C=O) groups excluding carboxylic acids is 1. The molecule has 1 aromatic carbocycles. The van der Waals surface area contributed by atoms with Crippen LogP contribution < -0.4 is 16.3 Å². The number of carbonyl (C=O) groups is 1. The normalized spacial score (nSPS) is 14.9. The third-order valence-electron chi connectivity index (χ3n) is 5.09. The van der Waals surface area contributed by atoms with Gasteiger partial charge in [0.15, 0.2) is 5.76 Å². The molecule has 0 atom stereocenters. The van der Waals surface area contributed by atoms with Gasteiger partial charge in [-0.2, -0.15) is 4.68 Å². The van der Waals surface area contributed by atoms with Crippen molar-refractivity contribution in [3.8, 4) is 0 Å². The van der Waals surface area contributed by atoms with Gasteiger partial charge in [-0.1, -0.05) is 18.2 Å². The standard InChI is InChI=1S/C22H20N4O4S/c1-22(2)11-14-16(12-30-22)31-19-17(14)20(28)26(25-18(27)15-9-6-10-29-15)21(24-19)23-13-7-4-3-5-8-13/h3-10H,11-12H2,1-2H3,(H,23,24)(H,25,27). The first kappa shape index (κ1) is 19.5. The van der Waals surface area contributed by atoms with Crippen molar-refractivity contribution in [3.05, 3.63) is 75.3 Å². The Bertz CT molecular complexity index is 1320. The van der Waals surface area contributed by atoms with Crippen LogP contribution in [0.3, 0.4) is 0 Å². The number of hydrogen-bond acceptors (Lipinski definition) is 7. The smallest absolute Gasteiger partial charge is 0.305 e. The lowest BCUT2D eigenvalue weighted by Gasteiger charge is -2.29. The van der Waals surface area contributed by atoms with E-state index in [2.05, 4.69) is 15.7 Å². The van der Waals surface area contributed by atoms with Crippen molar-refractivity contribution in [2.75, 3.05) is 10.7 Å². The van der Waals surface area contributed by atoms with E-state index in [4.69, 9.17) is 9.15 Å². The van der Waals surface area contributed by atoms with Gasteiger partial charge in [-0.25, -0.2) is 4.98 Å². The molecule has 31 heavy (non-hydrogen) atoms. The number of aromatic nitrogens is 2. The monoisotopic (exact) mass is 436 g/mol. The van der Waals surface area contributed by atoms with Crippen molar-refractivity contribution in [1.82, 2.24) is 9.66 Å². The average Bonchev–Trinajstić information content (AvgIpc) is 3.39. The molecule has 158 valence electrons. The molecule has 0 fully saturated rings. The highest BCUT2D eigenvalue weighted by atomic mass is 32.1. The van der Waals surface area contributed by atoms with E-state index >= 15 is 0 Å². The number of benzene rings is 1. The van der Waals surface area contributed by atoms with Gasteiger partial charge in [0.25, 0.3) is 5.56 Å². The Morgan fingerprint density at radius 2 is 2.00 bits per heavy atom. The SMILES string of the molecule is CC1(C)Cc2c(sc3nc(Nc4ccccc4)n(NC(=O)c4ccco4)c(=O)c23)CO1. The number of nitrogens with one attached hydrogen (secondary N) is 2. The molecule has 0 bridgehead atoms. The highest BCUT2D eigenvalue weighted by Gasteiger charge is 2.31. The van der Waals surface area contributed by atoms with Gasteiger partial charge >= 0.3 is 5.91 Å². The Kier molecular flexibility index (Phi) is 4.64. The van der Waals surface area contributed by atoms with Crippen LogP contribution in [0.25, 0.3) is 10.2 Å². The number of anilines is 2. The Balaban J connectivity index is 1.66. The summed E-state index contributed by atoms with van der Waals surface area (Å²) >= 11 is 1.44. The fourth-order valence-corrected chi connectivity index (χ4v) is 4.69. The molecule has 0 spiro atoms. The van der Waals surface area contributed by atoms with Crippen molar-refractivity contribution >= 4 is 39.1 Å². The average molecular weight is 436 g/mol. The summed E-state index contributed by atoms with van der Waals surface area (Å²) in [4.78, 5) is 32.5. The zero-order chi connectivity index (χ0) is 21.6. The minimum absolute atomic E-state index is 0.0968. The predicted molar refractivity (Wildman–Crippen MR) is 119 cm³/mol. The molecule has 1 aliphatic heterocycles. The van der Waals surface area contributed by atoms with Crippen molar-refractivity contribution < 1.29 is 13.9 Å². The van der Waals surface area contributed by atoms with E-state index in [1.54, 1.807) is 6.07 Å². The molecule has 0 unspecified atom stereocenters. The van der Waals surface area contributed by atoms with E-state index in [0.29, 0.717) is 23.2 Å². The predicted octanol–water partition coefficient (Wildman–Crippen LogP) is 4.03. The molecule has 2 N–H and O–H groups in total. The van der Waals surface area contributed by atoms with E-state index in [-0.39, 0.29) is 22.9 Å². The van der Waals surface area contributed by atoms with Gasteiger partial charge in [0.05, 0.1) is 23.9 Å². The van der Waals surface area contributed by atoms with E-state index in [1.165, 1.54) is 23.7 Å². The zero-order valence-corrected chi connectivity index (χ0v) is 17.8. The topological polar surface area (TPSA) is 98.4 Å². The van der Waals surface area contributed by atoms with Gasteiger partial charge in [0.1, 0.15) is 4.83 Å². The quantitative estimate of drug-likeness (QED) is 0.501. The third-order valence-corrected chi connectivity index (χ3v) is 6.19. The zero-order valence-electron chi connectivity index (χ0n) is 17.0. The Morgan fingerprint density at radius 3 is 2.74 bits per heavy atom. The van der Waals surface area contributed by atoms with Crippen LogP contribution in [0.4, 0.5) is 11.6 Å². The van der Waals surface area contributed by atoms with Gasteiger partial charge in [0, 0.05) is 17.0 Å². The third kappa shape index (κ3) is 3.62. The molecule has 1 amide bonds. The molecule has 8 nitrogen and oxygen atoms in total. The Labute approximate surface area is 181 Å². The van der Waals surface area contributed by atoms with Gasteiger partial charge in [-0.3, -0.25) is 15.0 Å². The molecule has 0 radical (unpaired) electrons. The summed E-state index contributed by atoms with van der Waals surface area (Å²) in [6.45, 7) is 4.42. The van der Waals surface area contributed by atoms with E-state index in [0.717, 1.165) is 20.8 Å². The van der Waals surface area contributed by atoms with E-state index < -0.39 is 5.91 Å². The molecular weight excluding hydrogens is 416 g/mol. The maximum Gasteiger partial charge on any atom is 0.305 e. The Morgan fingerprint density at radius 1 is 1.19 bits per heavy atom. The van der Waals surface area contributed by atoms with Crippen LogP contribution in [-0.4, -0.2) is 21.2 Å². The molecule has 1 aliphatic rings. The van der Waals surface area contributed by atoms with E-state index in [9.17, 15) is 9.59 Å². The van der Waals surface area contributed by atoms with Gasteiger partial charge < -0.3 is 14.5 Å². The number of para-hydroxylation sites is 1. The maximum atomic E-state index is 13.6. The minimum atomic E-state index is -0.544. The fraction of sp³-hybridized carbons (Fsp3) is 0.227. The fourth-order valence-electron chi connectivity index (χ4n) is 3.60. The van der Waals surface area contributed by atoms with E-state index in [1.807, 2.05) is 44.2 Å². The van der Waals surface area contributed by atoms with Crippen LogP contribution in [0.5, 0.6) is 0 Å². The van der Waals surface area contributed by atoms with Crippen LogP contribution in [0.2, 0.25) is 0 Å². The second-order valence-electron chi connectivity index (χ2n) is 7.89. The molecule has 0 saturated heterocycles. The highest BCUT2D eigenvalue weighted by molar-refractivity contribution is 7.18. The number of nitrogens with zero attached hydrogens (tertiary/aromatic N) is 2. The van der Waals surface area contributed by atoms with Crippen LogP contribution in [0.1, 0.15) is 34.8 Å². The molecule has 3 aromatic heterocycles. The second kappa shape index (κ2) is 7.36. The number of ether oxygens (including phenoxy) is 1. The summed E-state index contributed by atoms with van der Waals surface area (Å²) < 4.78 is 12.2. The lowest BCUT2D eigenvalue weighted by molar-refractivity contribution is -0.0379. The molecule has 5 rings (SSSR count). The van der Waals surface area contributed by atoms with Crippen molar-refractivity contribution in [3.63, 3.8) is 0 Å². The summed E-state index contributed by atoms with van der Waals surface area (Å²) in [6, 6.07) is 12.5. The molecular formula is C22H20N4O4S. The van der Waals surface area contributed by atoms with Gasteiger partial charge in [0.2, 0.25) is 5.95 Å². The van der Waals surface area contributed by atoms with Gasteiger partial charge in [-0.15, -0.1) is 11.3 Å². The van der Waals surface area contributed by atoms with Crippen molar-refractivity contribution in [2.45, 2.75) is 32.5 Å². The first-order chi connectivity index (χ1) is 14.9. The first-order valence-electron chi connectivity index (χ1n) is 9.79. The number of hydrogen-bond donors (Lipinski definition) is 2. The summed E-state index contributed by atoms with van der Waals surface area (Å²) in [7, 11) is 0. The molecule has 9 heteroatoms. The van der Waals surface area contributed by atoms with Crippen molar-refractivity contribution in [2.24, 2.45) is 0 Å². The van der Waals surface area contributed by atoms with Crippen molar-refractivity contribution in [1.29, 1.82) is 0 Å². The summed E-state index contributed by atoms with van der Waals surface area (Å²) in [6.07, 6.45) is 2.00. The number of rotatable bonds is 4. The second-order valence-corrected chi connectivity index (χ2v) is 8.98. The van der Waals surface area contributed by atoms with Crippen LogP contribution in [0.15, 0.2) is 57.9 Å². The largest absolute Gasteiger partial charge is 0.459 e. The van der Waals surface area contributed by atoms with Crippen LogP contribution in [-0.2, 0) is 17.8 Å². The lowest BCUT2D eigenvalue weighted by atomic mass is 9.94. The summed E-state index contributed by atoms with van der Waals surface area (Å²) in [5.41, 5.74) is 3.57. The first-order valence-corrected chi connectivity index (χ1v) is 10.6. The maximum absolute atomic E-state index is 13.6. The summed E-state index contributed by atoms with van der Waals surface area (Å²) in [5, 5.41) is 3.64. The highest BCUT2D eigenvalue weighted by Crippen LogP contribution is 2.37.